The standard InChI is InChI=1S/C18H18FN3O3S/c19-13-3-1-4-14(7-13)22-11-18(25-9-16(22)23)5-2-6-21(10-18)17(24)15-8-20-12-26-15/h1,3-4,7-8,12H,2,5-6,9-11H2. The molecule has 8 heteroatoms. The molecule has 1 atom stereocenters. The second kappa shape index (κ2) is 6.77. The smallest absolute Gasteiger partial charge is 0.265 e. The van der Waals surface area contributed by atoms with Crippen molar-refractivity contribution in [3.63, 3.8) is 0 Å². The van der Waals surface area contributed by atoms with E-state index in [0.29, 0.717) is 30.2 Å². The molecule has 2 aliphatic rings. The second-order valence-corrected chi connectivity index (χ2v) is 7.51. The number of carbonyl (C=O) groups excluding carboxylic acids is 2. The number of thiazole rings is 1. The third-order valence-corrected chi connectivity index (χ3v) is 5.60. The number of piperidine rings is 1. The number of ether oxygens (including phenoxy) is 1. The number of carbonyl (C=O) groups is 2. The molecular formula is C18H18FN3O3S. The Morgan fingerprint density at radius 2 is 2.23 bits per heavy atom. The van der Waals surface area contributed by atoms with Crippen molar-refractivity contribution in [2.24, 2.45) is 0 Å². The van der Waals surface area contributed by atoms with Crippen LogP contribution < -0.4 is 4.90 Å². The number of likely N-dealkylation sites (tertiary alicyclic amines) is 1. The van der Waals surface area contributed by atoms with Gasteiger partial charge in [0.05, 0.1) is 24.8 Å². The lowest BCUT2D eigenvalue weighted by Crippen LogP contribution is -2.62. The summed E-state index contributed by atoms with van der Waals surface area (Å²) < 4.78 is 19.5. The molecule has 0 aliphatic carbocycles. The van der Waals surface area contributed by atoms with Crippen molar-refractivity contribution in [3.05, 3.63) is 46.7 Å². The van der Waals surface area contributed by atoms with Crippen molar-refractivity contribution >= 4 is 28.8 Å². The topological polar surface area (TPSA) is 62.7 Å². The van der Waals surface area contributed by atoms with Crippen LogP contribution in [0, 0.1) is 5.82 Å². The largest absolute Gasteiger partial charge is 0.361 e. The Bertz CT molecular complexity index is 829. The summed E-state index contributed by atoms with van der Waals surface area (Å²) in [6.07, 6.45) is 3.10. The number of anilines is 1. The summed E-state index contributed by atoms with van der Waals surface area (Å²) in [5, 5.41) is 0. The molecule has 0 saturated carbocycles. The SMILES string of the molecule is O=C(c1cncs1)N1CCCC2(C1)CN(c1cccc(F)c1)C(=O)CO2. The summed E-state index contributed by atoms with van der Waals surface area (Å²) in [5.74, 6) is -0.655. The third kappa shape index (κ3) is 3.22. The first-order valence-corrected chi connectivity index (χ1v) is 9.32. The lowest BCUT2D eigenvalue weighted by Gasteiger charge is -2.47. The minimum atomic E-state index is -0.626. The molecule has 1 aromatic carbocycles. The summed E-state index contributed by atoms with van der Waals surface area (Å²) >= 11 is 1.31. The molecule has 1 unspecified atom stereocenters. The van der Waals surface area contributed by atoms with Crippen LogP contribution in [-0.2, 0) is 9.53 Å². The summed E-state index contributed by atoms with van der Waals surface area (Å²) in [7, 11) is 0. The Balaban J connectivity index is 1.55. The number of amides is 2. The van der Waals surface area contributed by atoms with Gasteiger partial charge in [0, 0.05) is 12.2 Å². The normalized spacial score (nSPS) is 23.5. The summed E-state index contributed by atoms with van der Waals surface area (Å²) in [5.41, 5.74) is 1.52. The second-order valence-electron chi connectivity index (χ2n) is 6.63. The molecule has 1 spiro atoms. The van der Waals surface area contributed by atoms with Crippen LogP contribution in [0.1, 0.15) is 22.5 Å². The highest BCUT2D eigenvalue weighted by Gasteiger charge is 2.44. The fraction of sp³-hybridized carbons (Fsp3) is 0.389. The van der Waals surface area contributed by atoms with Crippen LogP contribution in [0.25, 0.3) is 0 Å². The van der Waals surface area contributed by atoms with Gasteiger partial charge < -0.3 is 14.5 Å². The van der Waals surface area contributed by atoms with E-state index in [4.69, 9.17) is 4.74 Å². The van der Waals surface area contributed by atoms with Gasteiger partial charge >= 0.3 is 0 Å². The monoisotopic (exact) mass is 375 g/mol. The van der Waals surface area contributed by atoms with E-state index in [1.165, 1.54) is 23.5 Å². The van der Waals surface area contributed by atoms with E-state index in [1.807, 2.05) is 0 Å². The van der Waals surface area contributed by atoms with Gasteiger partial charge in [-0.1, -0.05) is 6.07 Å². The third-order valence-electron chi connectivity index (χ3n) is 4.84. The predicted octanol–water partition coefficient (Wildman–Crippen LogP) is 2.32. The van der Waals surface area contributed by atoms with Gasteiger partial charge in [0.25, 0.3) is 11.8 Å². The van der Waals surface area contributed by atoms with E-state index in [9.17, 15) is 14.0 Å². The van der Waals surface area contributed by atoms with Crippen LogP contribution in [0.5, 0.6) is 0 Å². The molecule has 1 aromatic heterocycles. The highest BCUT2D eigenvalue weighted by atomic mass is 32.1. The first kappa shape index (κ1) is 17.1. The van der Waals surface area contributed by atoms with Crippen LogP contribution in [-0.4, -0.2) is 53.5 Å². The molecule has 4 rings (SSSR count). The van der Waals surface area contributed by atoms with Gasteiger partial charge in [-0.25, -0.2) is 4.39 Å². The molecule has 2 fully saturated rings. The van der Waals surface area contributed by atoms with Gasteiger partial charge in [-0.15, -0.1) is 11.3 Å². The van der Waals surface area contributed by atoms with Crippen LogP contribution in [0.2, 0.25) is 0 Å². The number of rotatable bonds is 2. The molecule has 26 heavy (non-hydrogen) atoms. The Kier molecular flexibility index (Phi) is 4.46. The fourth-order valence-electron chi connectivity index (χ4n) is 3.59. The van der Waals surface area contributed by atoms with Crippen LogP contribution in [0.15, 0.2) is 36.0 Å². The molecule has 2 aliphatic heterocycles. The minimum Gasteiger partial charge on any atom is -0.361 e. The van der Waals surface area contributed by atoms with E-state index in [-0.39, 0.29) is 24.2 Å². The van der Waals surface area contributed by atoms with Crippen LogP contribution in [0.3, 0.4) is 0 Å². The highest BCUT2D eigenvalue weighted by molar-refractivity contribution is 7.11. The quantitative estimate of drug-likeness (QED) is 0.808. The Morgan fingerprint density at radius 3 is 3.00 bits per heavy atom. The Morgan fingerprint density at radius 1 is 1.35 bits per heavy atom. The minimum absolute atomic E-state index is 0.0654. The first-order valence-electron chi connectivity index (χ1n) is 8.44. The van der Waals surface area contributed by atoms with Crippen molar-refractivity contribution in [1.82, 2.24) is 9.88 Å². The Labute approximate surface area is 154 Å². The lowest BCUT2D eigenvalue weighted by atomic mass is 9.90. The van der Waals surface area contributed by atoms with Crippen molar-refractivity contribution in [3.8, 4) is 0 Å². The number of hydrogen-bond acceptors (Lipinski definition) is 5. The van der Waals surface area contributed by atoms with Crippen LogP contribution >= 0.6 is 11.3 Å². The maximum Gasteiger partial charge on any atom is 0.265 e. The van der Waals surface area contributed by atoms with Crippen LogP contribution in [0.4, 0.5) is 10.1 Å². The molecule has 2 saturated heterocycles. The number of nitrogens with zero attached hydrogens (tertiary/aromatic N) is 3. The van der Waals surface area contributed by atoms with E-state index in [2.05, 4.69) is 4.98 Å². The summed E-state index contributed by atoms with van der Waals surface area (Å²) in [6.45, 7) is 1.29. The number of hydrogen-bond donors (Lipinski definition) is 0. The lowest BCUT2D eigenvalue weighted by molar-refractivity contribution is -0.144. The van der Waals surface area contributed by atoms with Crippen molar-refractivity contribution in [1.29, 1.82) is 0 Å². The van der Waals surface area contributed by atoms with Crippen molar-refractivity contribution < 1.29 is 18.7 Å². The molecule has 3 heterocycles. The van der Waals surface area contributed by atoms with Gasteiger partial charge in [0.2, 0.25) is 0 Å². The predicted molar refractivity (Wildman–Crippen MR) is 94.7 cm³/mol. The first-order chi connectivity index (χ1) is 12.6. The zero-order valence-corrected chi connectivity index (χ0v) is 14.9. The van der Waals surface area contributed by atoms with Crippen molar-refractivity contribution in [2.45, 2.75) is 18.4 Å². The molecular weight excluding hydrogens is 357 g/mol. The van der Waals surface area contributed by atoms with Gasteiger partial charge in [-0.05, 0) is 31.0 Å². The summed E-state index contributed by atoms with van der Waals surface area (Å²) in [4.78, 5) is 32.9. The molecule has 136 valence electrons. The molecule has 0 radical (unpaired) electrons. The summed E-state index contributed by atoms with van der Waals surface area (Å²) in [6, 6.07) is 5.99. The molecule has 6 nitrogen and oxygen atoms in total. The average molecular weight is 375 g/mol. The highest BCUT2D eigenvalue weighted by Crippen LogP contribution is 2.32. The number of benzene rings is 1. The van der Waals surface area contributed by atoms with Gasteiger partial charge in [0.15, 0.2) is 0 Å². The average Bonchev–Trinajstić information content (AvgIpc) is 3.18. The molecule has 0 N–H and O–H groups in total. The van der Waals surface area contributed by atoms with Gasteiger partial charge in [-0.2, -0.15) is 0 Å². The number of halogens is 1. The molecule has 2 amide bonds. The van der Waals surface area contributed by atoms with E-state index in [0.717, 1.165) is 12.8 Å². The zero-order valence-electron chi connectivity index (χ0n) is 14.1. The van der Waals surface area contributed by atoms with Gasteiger partial charge in [-0.3, -0.25) is 14.6 Å². The number of morpholine rings is 1. The van der Waals surface area contributed by atoms with Gasteiger partial charge in [0.1, 0.15) is 22.9 Å². The molecule has 2 aromatic rings. The maximum atomic E-state index is 13.6. The Hall–Kier alpha value is -2.32. The molecule has 0 bridgehead atoms. The van der Waals surface area contributed by atoms with E-state index in [1.54, 1.807) is 33.6 Å². The fourth-order valence-corrected chi connectivity index (χ4v) is 4.18. The zero-order chi connectivity index (χ0) is 18.1. The number of aromatic nitrogens is 1. The maximum absolute atomic E-state index is 13.6. The van der Waals surface area contributed by atoms with E-state index >= 15 is 0 Å². The van der Waals surface area contributed by atoms with Crippen molar-refractivity contribution in [2.75, 3.05) is 31.1 Å². The van der Waals surface area contributed by atoms with E-state index < -0.39 is 5.60 Å².